The molecule has 0 aromatic heterocycles. The van der Waals surface area contributed by atoms with Gasteiger partial charge in [0.25, 0.3) is 0 Å². The number of amides is 3. The van der Waals surface area contributed by atoms with E-state index in [0.717, 1.165) is 0 Å². The molecule has 0 saturated carbocycles. The highest BCUT2D eigenvalue weighted by Gasteiger charge is 2.33. The van der Waals surface area contributed by atoms with Crippen molar-refractivity contribution < 1.29 is 18.4 Å². The lowest BCUT2D eigenvalue weighted by Crippen LogP contribution is -2.43. The van der Waals surface area contributed by atoms with Gasteiger partial charge in [-0.2, -0.15) is 0 Å². The van der Waals surface area contributed by atoms with Crippen molar-refractivity contribution in [3.63, 3.8) is 0 Å². The summed E-state index contributed by atoms with van der Waals surface area (Å²) in [6.45, 7) is 1.98. The zero-order chi connectivity index (χ0) is 18.0. The van der Waals surface area contributed by atoms with Crippen LogP contribution in [0.15, 0.2) is 42.5 Å². The molecule has 0 bridgehead atoms. The fourth-order valence-electron chi connectivity index (χ4n) is 2.75. The lowest BCUT2D eigenvalue weighted by atomic mass is 10.2. The van der Waals surface area contributed by atoms with E-state index in [1.807, 2.05) is 0 Å². The molecule has 2 N–H and O–H groups in total. The number of carbonyl (C=O) groups is 2. The van der Waals surface area contributed by atoms with Gasteiger partial charge in [-0.05, 0) is 49.7 Å². The molecule has 1 atom stereocenters. The van der Waals surface area contributed by atoms with Crippen molar-refractivity contribution in [2.45, 2.75) is 19.4 Å². The maximum absolute atomic E-state index is 13.5. The van der Waals surface area contributed by atoms with Crippen LogP contribution in [0.4, 0.5) is 25.0 Å². The molecule has 0 aliphatic carbocycles. The van der Waals surface area contributed by atoms with Crippen molar-refractivity contribution in [3.05, 3.63) is 59.7 Å². The fraction of sp³-hybridized carbons (Fsp3) is 0.222. The van der Waals surface area contributed by atoms with Crippen molar-refractivity contribution in [2.24, 2.45) is 0 Å². The Labute approximate surface area is 143 Å². The molecule has 2 aromatic rings. The molecule has 1 saturated heterocycles. The number of carbonyl (C=O) groups excluding carboxylic acids is 2. The standard InChI is InChI=1S/C18H17F2N3O2/c1-11-14(20)3-2-4-15(11)21-18(25)22-16-9-10-23(17(16)24)13-7-5-12(19)6-8-13/h2-8,16H,9-10H2,1H3,(H2,21,22,25)/t16-/m0/s1. The van der Waals surface area contributed by atoms with Crippen LogP contribution in [0.1, 0.15) is 12.0 Å². The zero-order valence-electron chi connectivity index (χ0n) is 13.6. The van der Waals surface area contributed by atoms with Crippen LogP contribution in [0.2, 0.25) is 0 Å². The minimum absolute atomic E-state index is 0.266. The molecule has 1 aliphatic heterocycles. The largest absolute Gasteiger partial charge is 0.326 e. The van der Waals surface area contributed by atoms with Gasteiger partial charge in [-0.3, -0.25) is 4.79 Å². The summed E-state index contributed by atoms with van der Waals surface area (Å²) in [5.74, 6) is -1.06. The molecule has 3 rings (SSSR count). The maximum atomic E-state index is 13.5. The third kappa shape index (κ3) is 3.60. The average molecular weight is 345 g/mol. The predicted molar refractivity (Wildman–Crippen MR) is 90.4 cm³/mol. The molecular formula is C18H17F2N3O2. The summed E-state index contributed by atoms with van der Waals surface area (Å²) in [7, 11) is 0. The number of hydrogen-bond donors (Lipinski definition) is 2. The molecule has 7 heteroatoms. The van der Waals surface area contributed by atoms with E-state index < -0.39 is 17.9 Å². The fourth-order valence-corrected chi connectivity index (χ4v) is 2.75. The number of nitrogens with zero attached hydrogens (tertiary/aromatic N) is 1. The van der Waals surface area contributed by atoms with Gasteiger partial charge >= 0.3 is 6.03 Å². The zero-order valence-corrected chi connectivity index (χ0v) is 13.6. The Morgan fingerprint density at radius 1 is 1.16 bits per heavy atom. The highest BCUT2D eigenvalue weighted by Crippen LogP contribution is 2.22. The molecule has 0 radical (unpaired) electrons. The molecular weight excluding hydrogens is 328 g/mol. The molecule has 1 aliphatic rings. The molecule has 1 fully saturated rings. The molecule has 0 spiro atoms. The van der Waals surface area contributed by atoms with E-state index >= 15 is 0 Å². The van der Waals surface area contributed by atoms with Gasteiger partial charge in [-0.25, -0.2) is 13.6 Å². The predicted octanol–water partition coefficient (Wildman–Crippen LogP) is 3.20. The van der Waals surface area contributed by atoms with Crippen LogP contribution in [-0.4, -0.2) is 24.5 Å². The van der Waals surface area contributed by atoms with Crippen LogP contribution in [0, 0.1) is 18.6 Å². The first-order chi connectivity index (χ1) is 12.0. The van der Waals surface area contributed by atoms with Gasteiger partial charge in [0.1, 0.15) is 17.7 Å². The maximum Gasteiger partial charge on any atom is 0.319 e. The quantitative estimate of drug-likeness (QED) is 0.897. The van der Waals surface area contributed by atoms with Crippen LogP contribution in [-0.2, 0) is 4.79 Å². The Bertz CT molecular complexity index is 808. The Morgan fingerprint density at radius 3 is 2.60 bits per heavy atom. The van der Waals surface area contributed by atoms with Crippen molar-refractivity contribution in [1.82, 2.24) is 5.32 Å². The van der Waals surface area contributed by atoms with Gasteiger partial charge in [-0.15, -0.1) is 0 Å². The number of halogens is 2. The molecule has 130 valence electrons. The second kappa shape index (κ2) is 6.88. The summed E-state index contributed by atoms with van der Waals surface area (Å²) in [5.41, 5.74) is 1.25. The number of urea groups is 1. The van der Waals surface area contributed by atoms with Gasteiger partial charge in [-0.1, -0.05) is 6.07 Å². The smallest absolute Gasteiger partial charge is 0.319 e. The summed E-state index contributed by atoms with van der Waals surface area (Å²) in [6, 6.07) is 8.73. The number of rotatable bonds is 3. The van der Waals surface area contributed by atoms with Crippen LogP contribution in [0.25, 0.3) is 0 Å². The van der Waals surface area contributed by atoms with Crippen molar-refractivity contribution in [1.29, 1.82) is 0 Å². The van der Waals surface area contributed by atoms with Gasteiger partial charge in [0.15, 0.2) is 0 Å². The van der Waals surface area contributed by atoms with Gasteiger partial charge in [0.2, 0.25) is 5.91 Å². The van der Waals surface area contributed by atoms with E-state index in [9.17, 15) is 18.4 Å². The highest BCUT2D eigenvalue weighted by molar-refractivity contribution is 6.02. The lowest BCUT2D eigenvalue weighted by molar-refractivity contribution is -0.118. The van der Waals surface area contributed by atoms with Gasteiger partial charge in [0.05, 0.1) is 0 Å². The van der Waals surface area contributed by atoms with E-state index in [1.54, 1.807) is 13.0 Å². The summed E-state index contributed by atoms with van der Waals surface area (Å²) in [5, 5.41) is 5.15. The number of nitrogens with one attached hydrogen (secondary N) is 2. The van der Waals surface area contributed by atoms with Crippen molar-refractivity contribution in [2.75, 3.05) is 16.8 Å². The Balaban J connectivity index is 1.63. The number of hydrogen-bond acceptors (Lipinski definition) is 2. The van der Waals surface area contributed by atoms with Gasteiger partial charge in [0, 0.05) is 23.5 Å². The third-order valence-electron chi connectivity index (χ3n) is 4.17. The first kappa shape index (κ1) is 16.9. The third-order valence-corrected chi connectivity index (χ3v) is 4.17. The Morgan fingerprint density at radius 2 is 1.88 bits per heavy atom. The number of benzene rings is 2. The van der Waals surface area contributed by atoms with Crippen LogP contribution in [0.5, 0.6) is 0 Å². The van der Waals surface area contributed by atoms with E-state index in [0.29, 0.717) is 29.9 Å². The number of anilines is 2. The summed E-state index contributed by atoms with van der Waals surface area (Å²) >= 11 is 0. The Hall–Kier alpha value is -2.96. The van der Waals surface area contributed by atoms with E-state index in [-0.39, 0.29) is 11.7 Å². The summed E-state index contributed by atoms with van der Waals surface area (Å²) in [4.78, 5) is 26.0. The molecule has 5 nitrogen and oxygen atoms in total. The van der Waals surface area contributed by atoms with Crippen LogP contribution in [0.3, 0.4) is 0 Å². The van der Waals surface area contributed by atoms with Crippen molar-refractivity contribution in [3.8, 4) is 0 Å². The van der Waals surface area contributed by atoms with Crippen LogP contribution >= 0.6 is 0 Å². The normalized spacial score (nSPS) is 16.8. The van der Waals surface area contributed by atoms with E-state index in [2.05, 4.69) is 10.6 Å². The minimum atomic E-state index is -0.682. The topological polar surface area (TPSA) is 61.4 Å². The lowest BCUT2D eigenvalue weighted by Gasteiger charge is -2.17. The first-order valence-electron chi connectivity index (χ1n) is 7.85. The SMILES string of the molecule is Cc1c(F)cccc1NC(=O)N[C@H]1CCN(c2ccc(F)cc2)C1=O. The monoisotopic (exact) mass is 345 g/mol. The molecule has 25 heavy (non-hydrogen) atoms. The second-order valence-electron chi connectivity index (χ2n) is 5.82. The molecule has 3 amide bonds. The van der Waals surface area contributed by atoms with Gasteiger partial charge < -0.3 is 15.5 Å². The Kier molecular flexibility index (Phi) is 4.65. The first-order valence-corrected chi connectivity index (χ1v) is 7.85. The average Bonchev–Trinajstić information content (AvgIpc) is 2.93. The summed E-state index contributed by atoms with van der Waals surface area (Å²) < 4.78 is 26.5. The highest BCUT2D eigenvalue weighted by atomic mass is 19.1. The van der Waals surface area contributed by atoms with E-state index in [1.165, 1.54) is 41.3 Å². The van der Waals surface area contributed by atoms with Crippen molar-refractivity contribution >= 4 is 23.3 Å². The molecule has 2 aromatic carbocycles. The molecule has 1 heterocycles. The summed E-state index contributed by atoms with van der Waals surface area (Å²) in [6.07, 6.45) is 0.436. The minimum Gasteiger partial charge on any atom is -0.326 e. The molecule has 0 unspecified atom stereocenters. The van der Waals surface area contributed by atoms with E-state index in [4.69, 9.17) is 0 Å². The van der Waals surface area contributed by atoms with Crippen LogP contribution < -0.4 is 15.5 Å². The second-order valence-corrected chi connectivity index (χ2v) is 5.82.